The summed E-state index contributed by atoms with van der Waals surface area (Å²) in [5.74, 6) is -0.554. The van der Waals surface area contributed by atoms with Gasteiger partial charge in [-0.1, -0.05) is 74.3 Å². The Bertz CT molecular complexity index is 1070. The summed E-state index contributed by atoms with van der Waals surface area (Å²) in [5, 5.41) is 3.36. The Balaban J connectivity index is 2.42. The van der Waals surface area contributed by atoms with E-state index in [4.69, 9.17) is 23.2 Å². The molecule has 0 saturated carbocycles. The first-order chi connectivity index (χ1) is 15.9. The summed E-state index contributed by atoms with van der Waals surface area (Å²) in [7, 11) is -3.86. The summed E-state index contributed by atoms with van der Waals surface area (Å²) >= 11 is 12.1. The maximum absolute atomic E-state index is 13.6. The maximum Gasteiger partial charge on any atom is 0.244 e. The molecular weight excluding hydrogens is 497 g/mol. The predicted octanol–water partition coefficient (Wildman–Crippen LogP) is 4.34. The fourth-order valence-corrected chi connectivity index (χ4v) is 4.77. The number of halogens is 2. The van der Waals surface area contributed by atoms with E-state index in [-0.39, 0.29) is 34.1 Å². The van der Waals surface area contributed by atoms with E-state index in [2.05, 4.69) is 5.32 Å². The van der Waals surface area contributed by atoms with Crippen molar-refractivity contribution in [1.29, 1.82) is 0 Å². The van der Waals surface area contributed by atoms with Crippen LogP contribution >= 0.6 is 23.2 Å². The second-order valence-corrected chi connectivity index (χ2v) is 11.2. The summed E-state index contributed by atoms with van der Waals surface area (Å²) < 4.78 is 26.2. The summed E-state index contributed by atoms with van der Waals surface area (Å²) in [6, 6.07) is 12.8. The summed E-state index contributed by atoms with van der Waals surface area (Å²) in [4.78, 5) is 28.0. The van der Waals surface area contributed by atoms with Crippen molar-refractivity contribution < 1.29 is 18.0 Å². The average Bonchev–Trinajstić information content (AvgIpc) is 2.74. The third-order valence-electron chi connectivity index (χ3n) is 5.08. The normalized spacial score (nSPS) is 12.3. The standard InChI is InChI=1S/C24H31Cl2N3O4S/c1-5-22(24(31)27-14-17(2)3)28(15-18-9-7-6-8-10-18)23(30)16-29(34(4,32)33)21-12-19(25)11-20(26)13-21/h6-13,17,22H,5,14-16H2,1-4H3,(H,27,31)/t22-/m1/s1. The third kappa shape index (κ3) is 8.18. The minimum Gasteiger partial charge on any atom is -0.354 e. The van der Waals surface area contributed by atoms with Crippen LogP contribution in [0.5, 0.6) is 0 Å². The number of nitrogens with zero attached hydrogens (tertiary/aromatic N) is 2. The number of nitrogens with one attached hydrogen (secondary N) is 1. The molecule has 1 atom stereocenters. The molecule has 0 aromatic heterocycles. The largest absolute Gasteiger partial charge is 0.354 e. The van der Waals surface area contributed by atoms with Crippen molar-refractivity contribution in [2.45, 2.75) is 39.8 Å². The molecule has 34 heavy (non-hydrogen) atoms. The monoisotopic (exact) mass is 527 g/mol. The van der Waals surface area contributed by atoms with Gasteiger partial charge in [-0.05, 0) is 36.1 Å². The van der Waals surface area contributed by atoms with Crippen molar-refractivity contribution in [1.82, 2.24) is 10.2 Å². The van der Waals surface area contributed by atoms with Gasteiger partial charge in [-0.2, -0.15) is 0 Å². The van der Waals surface area contributed by atoms with Gasteiger partial charge < -0.3 is 10.2 Å². The first kappa shape index (κ1) is 28.0. The smallest absolute Gasteiger partial charge is 0.244 e. The number of rotatable bonds is 11. The molecule has 0 unspecified atom stereocenters. The molecule has 0 aliphatic heterocycles. The Morgan fingerprint density at radius 3 is 2.12 bits per heavy atom. The van der Waals surface area contributed by atoms with Crippen molar-refractivity contribution in [3.05, 3.63) is 64.1 Å². The number of carbonyl (C=O) groups excluding carboxylic acids is 2. The second-order valence-electron chi connectivity index (χ2n) is 8.47. The van der Waals surface area contributed by atoms with Crippen LogP contribution in [-0.4, -0.2) is 50.5 Å². The molecule has 2 aromatic carbocycles. The van der Waals surface area contributed by atoms with E-state index in [0.717, 1.165) is 16.1 Å². The molecule has 0 spiro atoms. The molecule has 7 nitrogen and oxygen atoms in total. The molecule has 10 heteroatoms. The molecule has 1 N–H and O–H groups in total. The molecule has 0 saturated heterocycles. The summed E-state index contributed by atoms with van der Waals surface area (Å²) in [5.41, 5.74) is 0.994. The lowest BCUT2D eigenvalue weighted by Crippen LogP contribution is -2.52. The van der Waals surface area contributed by atoms with Crippen LogP contribution in [0, 0.1) is 5.92 Å². The number of anilines is 1. The van der Waals surface area contributed by atoms with Crippen molar-refractivity contribution in [3.8, 4) is 0 Å². The SMILES string of the molecule is CC[C@H](C(=O)NCC(C)C)N(Cc1ccccc1)C(=O)CN(c1cc(Cl)cc(Cl)c1)S(C)(=O)=O. The van der Waals surface area contributed by atoms with E-state index in [1.807, 2.05) is 51.1 Å². The van der Waals surface area contributed by atoms with Crippen molar-refractivity contribution in [2.24, 2.45) is 5.92 Å². The number of hydrogen-bond donors (Lipinski definition) is 1. The molecule has 2 rings (SSSR count). The number of sulfonamides is 1. The molecule has 0 aliphatic carbocycles. The highest BCUT2D eigenvalue weighted by Crippen LogP contribution is 2.27. The number of amides is 2. The van der Waals surface area contributed by atoms with Gasteiger partial charge in [-0.15, -0.1) is 0 Å². The average molecular weight is 529 g/mol. The second kappa shape index (κ2) is 12.4. The topological polar surface area (TPSA) is 86.8 Å². The highest BCUT2D eigenvalue weighted by Gasteiger charge is 2.31. The van der Waals surface area contributed by atoms with Gasteiger partial charge >= 0.3 is 0 Å². The Labute approximate surface area is 212 Å². The zero-order valence-corrected chi connectivity index (χ0v) is 22.1. The van der Waals surface area contributed by atoms with Crippen LogP contribution in [-0.2, 0) is 26.2 Å². The summed E-state index contributed by atoms with van der Waals surface area (Å²) in [6.45, 7) is 5.90. The molecule has 2 aromatic rings. The molecule has 0 fully saturated rings. The first-order valence-corrected chi connectivity index (χ1v) is 13.6. The predicted molar refractivity (Wildman–Crippen MR) is 138 cm³/mol. The van der Waals surface area contributed by atoms with Crippen molar-refractivity contribution in [2.75, 3.05) is 23.7 Å². The molecule has 0 bridgehead atoms. The quantitative estimate of drug-likeness (QED) is 0.470. The molecule has 186 valence electrons. The van der Waals surface area contributed by atoms with Gasteiger partial charge in [0.05, 0.1) is 11.9 Å². The van der Waals surface area contributed by atoms with Gasteiger partial charge in [-0.25, -0.2) is 8.42 Å². The van der Waals surface area contributed by atoms with Crippen LogP contribution in [0.3, 0.4) is 0 Å². The van der Waals surface area contributed by atoms with Crippen LogP contribution < -0.4 is 9.62 Å². The lowest BCUT2D eigenvalue weighted by atomic mass is 10.1. The van der Waals surface area contributed by atoms with Gasteiger partial charge in [0, 0.05) is 23.1 Å². The molecule has 2 amide bonds. The fraction of sp³-hybridized carbons (Fsp3) is 0.417. The van der Waals surface area contributed by atoms with E-state index < -0.39 is 28.5 Å². The molecular formula is C24H31Cl2N3O4S. The Kier molecular flexibility index (Phi) is 10.2. The van der Waals surface area contributed by atoms with E-state index in [1.54, 1.807) is 0 Å². The Morgan fingerprint density at radius 2 is 1.62 bits per heavy atom. The molecule has 0 heterocycles. The van der Waals surface area contributed by atoms with Crippen LogP contribution in [0.4, 0.5) is 5.69 Å². The van der Waals surface area contributed by atoms with Gasteiger partial charge in [0.15, 0.2) is 0 Å². The highest BCUT2D eigenvalue weighted by atomic mass is 35.5. The van der Waals surface area contributed by atoms with Crippen LogP contribution in [0.2, 0.25) is 10.0 Å². The lowest BCUT2D eigenvalue weighted by Gasteiger charge is -2.33. The fourth-order valence-electron chi connectivity index (χ4n) is 3.42. The lowest BCUT2D eigenvalue weighted by molar-refractivity contribution is -0.140. The zero-order chi connectivity index (χ0) is 25.5. The number of carbonyl (C=O) groups is 2. The van der Waals surface area contributed by atoms with Gasteiger partial charge in [-0.3, -0.25) is 13.9 Å². The van der Waals surface area contributed by atoms with Crippen LogP contribution in [0.25, 0.3) is 0 Å². The Morgan fingerprint density at radius 1 is 1.03 bits per heavy atom. The third-order valence-corrected chi connectivity index (χ3v) is 6.66. The van der Waals surface area contributed by atoms with E-state index in [0.29, 0.717) is 13.0 Å². The minimum atomic E-state index is -3.86. The van der Waals surface area contributed by atoms with Crippen molar-refractivity contribution >= 4 is 50.7 Å². The number of hydrogen-bond acceptors (Lipinski definition) is 4. The Hall–Kier alpha value is -2.29. The van der Waals surface area contributed by atoms with E-state index in [1.165, 1.54) is 23.1 Å². The van der Waals surface area contributed by atoms with E-state index >= 15 is 0 Å². The zero-order valence-electron chi connectivity index (χ0n) is 19.8. The van der Waals surface area contributed by atoms with Crippen LogP contribution in [0.15, 0.2) is 48.5 Å². The van der Waals surface area contributed by atoms with Gasteiger partial charge in [0.1, 0.15) is 12.6 Å². The van der Waals surface area contributed by atoms with Gasteiger partial charge in [0.25, 0.3) is 0 Å². The minimum absolute atomic E-state index is 0.154. The van der Waals surface area contributed by atoms with Crippen LogP contribution in [0.1, 0.15) is 32.8 Å². The van der Waals surface area contributed by atoms with Crippen molar-refractivity contribution in [3.63, 3.8) is 0 Å². The maximum atomic E-state index is 13.6. The molecule has 0 aliphatic rings. The summed E-state index contributed by atoms with van der Waals surface area (Å²) in [6.07, 6.45) is 1.37. The van der Waals surface area contributed by atoms with E-state index in [9.17, 15) is 18.0 Å². The molecule has 0 radical (unpaired) electrons. The van der Waals surface area contributed by atoms with Gasteiger partial charge in [0.2, 0.25) is 21.8 Å². The highest BCUT2D eigenvalue weighted by molar-refractivity contribution is 7.92. The number of benzene rings is 2. The first-order valence-electron chi connectivity index (χ1n) is 11.0.